The van der Waals surface area contributed by atoms with Crippen molar-refractivity contribution >= 4 is 18.0 Å². The van der Waals surface area contributed by atoms with Crippen molar-refractivity contribution in [2.24, 2.45) is 5.73 Å². The molecule has 0 radical (unpaired) electrons. The van der Waals surface area contributed by atoms with Crippen molar-refractivity contribution in [1.29, 1.82) is 0 Å². The molecule has 0 spiro atoms. The van der Waals surface area contributed by atoms with E-state index < -0.39 is 29.6 Å². The SMILES string of the molecule is CCCN.Cc1cc(O)cc2c1C[C@H](NC(=O)CNC(=O)OC(C)(C)C)C(=O)O2. The number of ether oxygens (including phenoxy) is 2. The van der Waals surface area contributed by atoms with Crippen LogP contribution >= 0.6 is 0 Å². The summed E-state index contributed by atoms with van der Waals surface area (Å²) in [5, 5.41) is 14.4. The lowest BCUT2D eigenvalue weighted by Crippen LogP contribution is -2.50. The summed E-state index contributed by atoms with van der Waals surface area (Å²) in [6.07, 6.45) is 0.629. The number of hydrogen-bond acceptors (Lipinski definition) is 7. The summed E-state index contributed by atoms with van der Waals surface area (Å²) < 4.78 is 10.2. The monoisotopic (exact) mass is 409 g/mol. The van der Waals surface area contributed by atoms with Crippen molar-refractivity contribution in [3.05, 3.63) is 23.3 Å². The lowest BCUT2D eigenvalue weighted by atomic mass is 9.97. The Kier molecular flexibility index (Phi) is 8.90. The highest BCUT2D eigenvalue weighted by Gasteiger charge is 2.31. The van der Waals surface area contributed by atoms with E-state index in [1.807, 2.05) is 0 Å². The molecule has 1 atom stereocenters. The minimum Gasteiger partial charge on any atom is -0.508 e. The van der Waals surface area contributed by atoms with Gasteiger partial charge in [0.1, 0.15) is 29.7 Å². The third-order valence-electron chi connectivity index (χ3n) is 3.74. The molecule has 9 heteroatoms. The molecule has 2 amide bonds. The highest BCUT2D eigenvalue weighted by Crippen LogP contribution is 2.32. The number of phenolic OH excluding ortho intramolecular Hbond substituents is 1. The zero-order chi connectivity index (χ0) is 22.2. The molecule has 29 heavy (non-hydrogen) atoms. The average Bonchev–Trinajstić information content (AvgIpc) is 2.60. The summed E-state index contributed by atoms with van der Waals surface area (Å²) in [6, 6.07) is 2.06. The predicted molar refractivity (Wildman–Crippen MR) is 108 cm³/mol. The van der Waals surface area contributed by atoms with Gasteiger partial charge in [0.2, 0.25) is 5.91 Å². The Morgan fingerprint density at radius 1 is 1.34 bits per heavy atom. The molecule has 2 rings (SSSR count). The van der Waals surface area contributed by atoms with Gasteiger partial charge < -0.3 is 30.9 Å². The fraction of sp³-hybridized carbons (Fsp3) is 0.550. The first-order valence-corrected chi connectivity index (χ1v) is 9.47. The first kappa shape index (κ1) is 24.2. The number of fused-ring (bicyclic) bond motifs is 1. The summed E-state index contributed by atoms with van der Waals surface area (Å²) in [5.74, 6) is -0.858. The van der Waals surface area contributed by atoms with E-state index in [1.165, 1.54) is 6.07 Å². The van der Waals surface area contributed by atoms with E-state index >= 15 is 0 Å². The molecule has 1 aliphatic rings. The maximum atomic E-state index is 12.0. The lowest BCUT2D eigenvalue weighted by Gasteiger charge is -2.25. The van der Waals surface area contributed by atoms with Crippen LogP contribution in [-0.2, 0) is 20.7 Å². The summed E-state index contributed by atoms with van der Waals surface area (Å²) >= 11 is 0. The van der Waals surface area contributed by atoms with Crippen molar-refractivity contribution in [3.63, 3.8) is 0 Å². The van der Waals surface area contributed by atoms with Gasteiger partial charge in [-0.1, -0.05) is 6.92 Å². The van der Waals surface area contributed by atoms with Crippen LogP contribution in [0, 0.1) is 6.92 Å². The third kappa shape index (κ3) is 8.39. The van der Waals surface area contributed by atoms with Gasteiger partial charge in [-0.3, -0.25) is 4.79 Å². The van der Waals surface area contributed by atoms with Crippen LogP contribution in [0.25, 0.3) is 0 Å². The molecule has 0 fully saturated rings. The number of nitrogens with two attached hydrogens (primary N) is 1. The number of carbonyl (C=O) groups excluding carboxylic acids is 3. The zero-order valence-corrected chi connectivity index (χ0v) is 17.6. The van der Waals surface area contributed by atoms with E-state index in [-0.39, 0.29) is 18.7 Å². The van der Waals surface area contributed by atoms with Crippen LogP contribution in [-0.4, -0.2) is 47.8 Å². The number of nitrogens with one attached hydrogen (secondary N) is 2. The van der Waals surface area contributed by atoms with E-state index in [1.54, 1.807) is 33.8 Å². The first-order chi connectivity index (χ1) is 13.5. The lowest BCUT2D eigenvalue weighted by molar-refractivity contribution is -0.140. The second-order valence-electron chi connectivity index (χ2n) is 7.63. The Morgan fingerprint density at radius 3 is 2.52 bits per heavy atom. The van der Waals surface area contributed by atoms with E-state index in [4.69, 9.17) is 15.2 Å². The molecule has 0 bridgehead atoms. The summed E-state index contributed by atoms with van der Waals surface area (Å²) in [7, 11) is 0. The van der Waals surface area contributed by atoms with Gasteiger partial charge >= 0.3 is 12.1 Å². The number of rotatable bonds is 4. The normalized spacial score (nSPS) is 15.2. The summed E-state index contributed by atoms with van der Waals surface area (Å²) in [4.78, 5) is 35.5. The second-order valence-corrected chi connectivity index (χ2v) is 7.63. The van der Waals surface area contributed by atoms with E-state index in [2.05, 4.69) is 17.6 Å². The van der Waals surface area contributed by atoms with Gasteiger partial charge in [-0.15, -0.1) is 0 Å². The molecule has 0 unspecified atom stereocenters. The Morgan fingerprint density at radius 2 is 1.97 bits per heavy atom. The maximum absolute atomic E-state index is 12.0. The minimum atomic E-state index is -0.858. The maximum Gasteiger partial charge on any atom is 0.408 e. The molecule has 1 heterocycles. The van der Waals surface area contributed by atoms with Crippen molar-refractivity contribution in [3.8, 4) is 11.5 Å². The Hall–Kier alpha value is -2.81. The molecule has 162 valence electrons. The van der Waals surface area contributed by atoms with Gasteiger partial charge in [-0.2, -0.15) is 0 Å². The van der Waals surface area contributed by atoms with Crippen LogP contribution in [0.3, 0.4) is 0 Å². The molecular formula is C20H31N3O6. The van der Waals surface area contributed by atoms with Gasteiger partial charge in [-0.25, -0.2) is 9.59 Å². The van der Waals surface area contributed by atoms with Crippen molar-refractivity contribution < 1.29 is 29.0 Å². The minimum absolute atomic E-state index is 0.00750. The number of benzene rings is 1. The molecular weight excluding hydrogens is 378 g/mol. The smallest absolute Gasteiger partial charge is 0.408 e. The van der Waals surface area contributed by atoms with E-state index in [0.717, 1.165) is 24.1 Å². The number of esters is 1. The molecule has 1 aromatic rings. The summed E-state index contributed by atoms with van der Waals surface area (Å²) in [6.45, 7) is 9.47. The van der Waals surface area contributed by atoms with Crippen LogP contribution in [0.15, 0.2) is 12.1 Å². The number of amides is 2. The predicted octanol–water partition coefficient (Wildman–Crippen LogP) is 1.53. The van der Waals surface area contributed by atoms with Crippen LogP contribution in [0.1, 0.15) is 45.2 Å². The van der Waals surface area contributed by atoms with Crippen molar-refractivity contribution in [2.75, 3.05) is 13.1 Å². The van der Waals surface area contributed by atoms with Gasteiger partial charge in [0.15, 0.2) is 0 Å². The second kappa shape index (κ2) is 10.7. The van der Waals surface area contributed by atoms with Gasteiger partial charge in [0, 0.05) is 18.1 Å². The molecule has 5 N–H and O–H groups in total. The number of alkyl carbamates (subject to hydrolysis) is 1. The Bertz CT molecular complexity index is 740. The van der Waals surface area contributed by atoms with Gasteiger partial charge in [-0.05, 0) is 52.3 Å². The first-order valence-electron chi connectivity index (χ1n) is 9.47. The number of carbonyl (C=O) groups is 3. The number of aryl methyl sites for hydroxylation is 1. The van der Waals surface area contributed by atoms with E-state index in [9.17, 15) is 19.5 Å². The molecule has 1 aliphatic heterocycles. The van der Waals surface area contributed by atoms with Crippen LogP contribution in [0.4, 0.5) is 4.79 Å². The number of aromatic hydroxyl groups is 1. The Labute approximate surface area is 170 Å². The van der Waals surface area contributed by atoms with Crippen LogP contribution in [0.5, 0.6) is 11.5 Å². The van der Waals surface area contributed by atoms with E-state index in [0.29, 0.717) is 5.75 Å². The van der Waals surface area contributed by atoms with Crippen molar-refractivity contribution in [1.82, 2.24) is 10.6 Å². The molecule has 1 aromatic carbocycles. The molecule has 0 saturated carbocycles. The average molecular weight is 409 g/mol. The number of phenols is 1. The molecule has 0 saturated heterocycles. The molecule has 9 nitrogen and oxygen atoms in total. The van der Waals surface area contributed by atoms with Crippen LogP contribution in [0.2, 0.25) is 0 Å². The quantitative estimate of drug-likeness (QED) is 0.437. The summed E-state index contributed by atoms with van der Waals surface area (Å²) in [5.41, 5.74) is 5.86. The van der Waals surface area contributed by atoms with Gasteiger partial charge in [0.05, 0.1) is 0 Å². The Balaban J connectivity index is 0.000000960. The van der Waals surface area contributed by atoms with Crippen LogP contribution < -0.4 is 21.1 Å². The van der Waals surface area contributed by atoms with Gasteiger partial charge in [0.25, 0.3) is 0 Å². The molecule has 0 aliphatic carbocycles. The largest absolute Gasteiger partial charge is 0.508 e. The fourth-order valence-electron chi connectivity index (χ4n) is 2.41. The van der Waals surface area contributed by atoms with Crippen molar-refractivity contribution in [2.45, 2.75) is 59.1 Å². The molecule has 0 aromatic heterocycles. The standard InChI is InChI=1S/C17H22N2O6.C3H9N/c1-9-5-10(20)6-13-11(9)7-12(15(22)24-13)19-14(21)8-18-16(23)25-17(2,3)4;1-2-3-4/h5-6,12,20H,7-8H2,1-4H3,(H,18,23)(H,19,21);2-4H2,1H3/t12-;/m0./s1. The topological polar surface area (TPSA) is 140 Å². The fourth-order valence-corrected chi connectivity index (χ4v) is 2.41. The highest BCUT2D eigenvalue weighted by atomic mass is 16.6. The number of hydrogen-bond donors (Lipinski definition) is 4. The highest BCUT2D eigenvalue weighted by molar-refractivity contribution is 5.89. The third-order valence-corrected chi connectivity index (χ3v) is 3.74. The zero-order valence-electron chi connectivity index (χ0n) is 17.6.